The number of hydrogen-bond donors (Lipinski definition) is 1. The lowest BCUT2D eigenvalue weighted by Crippen LogP contribution is -2.08. The Bertz CT molecular complexity index is 682. The fraction of sp³-hybridized carbons (Fsp3) is 0.133. The maximum Gasteiger partial charge on any atom is 0.325 e. The van der Waals surface area contributed by atoms with E-state index < -0.39 is 16.4 Å². The molecule has 0 aliphatic rings. The van der Waals surface area contributed by atoms with E-state index in [9.17, 15) is 20.0 Å². The number of nitro groups is 1. The van der Waals surface area contributed by atoms with Crippen LogP contribution in [-0.4, -0.2) is 22.9 Å². The van der Waals surface area contributed by atoms with Gasteiger partial charge >= 0.3 is 5.69 Å². The Balaban J connectivity index is 2.44. The van der Waals surface area contributed by atoms with Gasteiger partial charge in [-0.3, -0.25) is 14.9 Å². The maximum atomic E-state index is 12.3. The number of rotatable bonds is 5. The van der Waals surface area contributed by atoms with Gasteiger partial charge in [-0.05, 0) is 17.7 Å². The lowest BCUT2D eigenvalue weighted by atomic mass is 10.0. The van der Waals surface area contributed by atoms with E-state index in [1.165, 1.54) is 19.2 Å². The molecular weight excluding hydrogens is 274 g/mol. The van der Waals surface area contributed by atoms with E-state index in [1.54, 1.807) is 24.3 Å². The molecule has 0 amide bonds. The molecule has 0 atom stereocenters. The predicted molar refractivity (Wildman–Crippen MR) is 75.8 cm³/mol. The first kappa shape index (κ1) is 14.5. The molecule has 2 aromatic rings. The van der Waals surface area contributed by atoms with Crippen LogP contribution in [0.2, 0.25) is 0 Å². The van der Waals surface area contributed by atoms with Crippen LogP contribution in [0.25, 0.3) is 0 Å². The van der Waals surface area contributed by atoms with Gasteiger partial charge < -0.3 is 9.84 Å². The summed E-state index contributed by atoms with van der Waals surface area (Å²) in [5.41, 5.74) is 0.153. The molecule has 0 saturated heterocycles. The van der Waals surface area contributed by atoms with E-state index >= 15 is 0 Å². The maximum absolute atomic E-state index is 12.3. The summed E-state index contributed by atoms with van der Waals surface area (Å²) in [5, 5.41) is 20.8. The highest BCUT2D eigenvalue weighted by Crippen LogP contribution is 2.39. The molecule has 6 heteroatoms. The molecule has 0 aromatic heterocycles. The lowest BCUT2D eigenvalue weighted by Gasteiger charge is -2.08. The van der Waals surface area contributed by atoms with Crippen molar-refractivity contribution in [2.45, 2.75) is 6.42 Å². The number of Topliss-reactive ketones (excluding diaryl/α,β-unsaturated/α-hetero) is 1. The van der Waals surface area contributed by atoms with Crippen LogP contribution in [-0.2, 0) is 6.42 Å². The Labute approximate surface area is 120 Å². The minimum Gasteiger partial charge on any atom is -0.504 e. The Morgan fingerprint density at radius 1 is 1.24 bits per heavy atom. The second-order valence-electron chi connectivity index (χ2n) is 4.36. The predicted octanol–water partition coefficient (Wildman–Crippen LogP) is 2.73. The quantitative estimate of drug-likeness (QED) is 0.519. The van der Waals surface area contributed by atoms with Crippen molar-refractivity contribution >= 4 is 11.5 Å². The molecular formula is C15H13NO5. The number of carbonyl (C=O) groups is 1. The average molecular weight is 287 g/mol. The summed E-state index contributed by atoms with van der Waals surface area (Å²) >= 11 is 0. The SMILES string of the molecule is COc1c(O)ccc(C(=O)Cc2ccccc2)c1[N+](=O)[O-]. The van der Waals surface area contributed by atoms with Gasteiger partial charge in [-0.1, -0.05) is 30.3 Å². The largest absolute Gasteiger partial charge is 0.504 e. The van der Waals surface area contributed by atoms with Crippen LogP contribution in [0.3, 0.4) is 0 Å². The number of methoxy groups -OCH3 is 1. The van der Waals surface area contributed by atoms with Crippen LogP contribution >= 0.6 is 0 Å². The van der Waals surface area contributed by atoms with Gasteiger partial charge in [-0.15, -0.1) is 0 Å². The van der Waals surface area contributed by atoms with Gasteiger partial charge in [0.25, 0.3) is 0 Å². The van der Waals surface area contributed by atoms with Gasteiger partial charge in [0.15, 0.2) is 11.5 Å². The zero-order chi connectivity index (χ0) is 15.4. The van der Waals surface area contributed by atoms with Crippen molar-refractivity contribution in [2.75, 3.05) is 7.11 Å². The van der Waals surface area contributed by atoms with Crippen molar-refractivity contribution in [3.8, 4) is 11.5 Å². The molecule has 0 unspecified atom stereocenters. The molecule has 1 N–H and O–H groups in total. The highest BCUT2D eigenvalue weighted by molar-refractivity contribution is 6.02. The first-order valence-electron chi connectivity index (χ1n) is 6.16. The van der Waals surface area contributed by atoms with Crippen LogP contribution in [0, 0.1) is 10.1 Å². The highest BCUT2D eigenvalue weighted by atomic mass is 16.6. The third kappa shape index (κ3) is 3.00. The molecule has 108 valence electrons. The molecule has 0 bridgehead atoms. The minimum atomic E-state index is -0.725. The fourth-order valence-corrected chi connectivity index (χ4v) is 2.04. The number of ether oxygens (including phenoxy) is 1. The summed E-state index contributed by atoms with van der Waals surface area (Å²) in [7, 11) is 1.20. The molecule has 2 aromatic carbocycles. The highest BCUT2D eigenvalue weighted by Gasteiger charge is 2.28. The Hall–Kier alpha value is -2.89. The summed E-state index contributed by atoms with van der Waals surface area (Å²) in [4.78, 5) is 22.7. The lowest BCUT2D eigenvalue weighted by molar-refractivity contribution is -0.386. The van der Waals surface area contributed by atoms with Crippen molar-refractivity contribution in [2.24, 2.45) is 0 Å². The van der Waals surface area contributed by atoms with Gasteiger partial charge in [0.1, 0.15) is 0 Å². The Kier molecular flexibility index (Phi) is 4.18. The number of benzene rings is 2. The second-order valence-corrected chi connectivity index (χ2v) is 4.36. The van der Waals surface area contributed by atoms with E-state index in [2.05, 4.69) is 0 Å². The van der Waals surface area contributed by atoms with Gasteiger partial charge in [-0.2, -0.15) is 0 Å². The summed E-state index contributed by atoms with van der Waals surface area (Å²) in [6, 6.07) is 11.4. The molecule has 6 nitrogen and oxygen atoms in total. The van der Waals surface area contributed by atoms with E-state index in [0.29, 0.717) is 0 Å². The van der Waals surface area contributed by atoms with E-state index in [0.717, 1.165) is 5.56 Å². The van der Waals surface area contributed by atoms with Crippen LogP contribution in [0.5, 0.6) is 11.5 Å². The Morgan fingerprint density at radius 2 is 1.90 bits per heavy atom. The number of phenolic OH excluding ortho intramolecular Hbond substituents is 1. The van der Waals surface area contributed by atoms with Gasteiger partial charge in [-0.25, -0.2) is 0 Å². The third-order valence-electron chi connectivity index (χ3n) is 3.01. The number of nitro benzene ring substituents is 1. The van der Waals surface area contributed by atoms with E-state index in [1.807, 2.05) is 6.07 Å². The van der Waals surface area contributed by atoms with Gasteiger partial charge in [0, 0.05) is 6.42 Å². The van der Waals surface area contributed by atoms with Crippen LogP contribution in [0.1, 0.15) is 15.9 Å². The number of ketones is 1. The van der Waals surface area contributed by atoms with Crippen LogP contribution < -0.4 is 4.74 Å². The number of nitrogens with zero attached hydrogens (tertiary/aromatic N) is 1. The molecule has 0 radical (unpaired) electrons. The van der Waals surface area contributed by atoms with Crippen molar-refractivity contribution in [1.82, 2.24) is 0 Å². The molecule has 0 saturated carbocycles. The van der Waals surface area contributed by atoms with Crippen molar-refractivity contribution in [3.63, 3.8) is 0 Å². The molecule has 2 rings (SSSR count). The summed E-state index contributed by atoms with van der Waals surface area (Å²) < 4.78 is 4.83. The van der Waals surface area contributed by atoms with Gasteiger partial charge in [0.2, 0.25) is 5.75 Å². The zero-order valence-corrected chi connectivity index (χ0v) is 11.3. The number of carbonyl (C=O) groups excluding carboxylic acids is 1. The van der Waals surface area contributed by atoms with Crippen molar-refractivity contribution < 1.29 is 19.6 Å². The normalized spacial score (nSPS) is 10.1. The molecule has 0 aliphatic carbocycles. The first-order chi connectivity index (χ1) is 10.0. The van der Waals surface area contributed by atoms with Crippen LogP contribution in [0.15, 0.2) is 42.5 Å². The van der Waals surface area contributed by atoms with E-state index in [-0.39, 0.29) is 23.5 Å². The second kappa shape index (κ2) is 6.04. The monoisotopic (exact) mass is 287 g/mol. The number of aromatic hydroxyl groups is 1. The molecule has 0 aliphatic heterocycles. The number of phenols is 1. The topological polar surface area (TPSA) is 89.7 Å². The molecule has 0 heterocycles. The van der Waals surface area contributed by atoms with Crippen LogP contribution in [0.4, 0.5) is 5.69 Å². The summed E-state index contributed by atoms with van der Waals surface area (Å²) in [5.74, 6) is -1.09. The fourth-order valence-electron chi connectivity index (χ4n) is 2.04. The summed E-state index contributed by atoms with van der Waals surface area (Å²) in [6.07, 6.45) is 0.0373. The molecule has 21 heavy (non-hydrogen) atoms. The molecule has 0 spiro atoms. The summed E-state index contributed by atoms with van der Waals surface area (Å²) in [6.45, 7) is 0. The standard InChI is InChI=1S/C15H13NO5/c1-21-15-12(17)8-7-11(14(15)16(19)20)13(18)9-10-5-3-2-4-6-10/h2-8,17H,9H2,1H3. The first-order valence-corrected chi connectivity index (χ1v) is 6.16. The molecule has 0 fully saturated rings. The Morgan fingerprint density at radius 3 is 2.48 bits per heavy atom. The van der Waals surface area contributed by atoms with Crippen molar-refractivity contribution in [3.05, 3.63) is 63.7 Å². The zero-order valence-electron chi connectivity index (χ0n) is 11.3. The number of hydrogen-bond acceptors (Lipinski definition) is 5. The van der Waals surface area contributed by atoms with Gasteiger partial charge in [0.05, 0.1) is 17.6 Å². The van der Waals surface area contributed by atoms with Crippen molar-refractivity contribution in [1.29, 1.82) is 0 Å². The third-order valence-corrected chi connectivity index (χ3v) is 3.01. The average Bonchev–Trinajstić information content (AvgIpc) is 2.47. The smallest absolute Gasteiger partial charge is 0.325 e. The minimum absolute atomic E-state index is 0.0373. The van der Waals surface area contributed by atoms with E-state index in [4.69, 9.17) is 4.74 Å².